The highest BCUT2D eigenvalue weighted by molar-refractivity contribution is 6.03. The zero-order chi connectivity index (χ0) is 15.5. The largest absolute Gasteiger partial charge is 0.506 e. The minimum atomic E-state index is -0.316. The fourth-order valence-electron chi connectivity index (χ4n) is 2.66. The van der Waals surface area contributed by atoms with Crippen LogP contribution in [0.1, 0.15) is 34.9 Å². The number of rotatable bonds is 3. The summed E-state index contributed by atoms with van der Waals surface area (Å²) < 4.78 is 1.84. The number of nitrogens with zero attached hydrogens (tertiary/aromatic N) is 2. The maximum absolute atomic E-state index is 12.3. The van der Waals surface area contributed by atoms with E-state index in [-0.39, 0.29) is 24.1 Å². The second-order valence-corrected chi connectivity index (χ2v) is 5.66. The molecule has 124 valence electrons. The van der Waals surface area contributed by atoms with Gasteiger partial charge in [-0.3, -0.25) is 9.48 Å². The Kier molecular flexibility index (Phi) is 5.63. The van der Waals surface area contributed by atoms with Crippen LogP contribution in [0, 0.1) is 6.92 Å². The molecule has 1 aromatic heterocycles. The fourth-order valence-corrected chi connectivity index (χ4v) is 2.66. The Bertz CT molecular complexity index is 680. The number of amides is 1. The highest BCUT2D eigenvalue weighted by Gasteiger charge is 2.18. The molecule has 0 bridgehead atoms. The molecular formula is C16H21ClN4O2. The number of hydrogen-bond donors (Lipinski definition) is 3. The number of anilines is 1. The number of benzene rings is 1. The molecule has 1 amide bonds. The van der Waals surface area contributed by atoms with E-state index in [2.05, 4.69) is 15.7 Å². The molecule has 7 heteroatoms. The number of carbonyl (C=O) groups excluding carboxylic acids is 1. The lowest BCUT2D eigenvalue weighted by molar-refractivity contribution is 0.102. The van der Waals surface area contributed by atoms with Crippen molar-refractivity contribution in [3.05, 3.63) is 41.7 Å². The van der Waals surface area contributed by atoms with Gasteiger partial charge < -0.3 is 15.7 Å². The van der Waals surface area contributed by atoms with E-state index < -0.39 is 0 Å². The minimum absolute atomic E-state index is 0. The molecule has 1 aromatic carbocycles. The first-order valence-corrected chi connectivity index (χ1v) is 7.50. The normalized spacial score (nSPS) is 17.3. The molecule has 3 N–H and O–H groups in total. The average molecular weight is 337 g/mol. The van der Waals surface area contributed by atoms with Crippen LogP contribution in [0.25, 0.3) is 0 Å². The number of aromatic nitrogens is 2. The van der Waals surface area contributed by atoms with Gasteiger partial charge in [0, 0.05) is 12.7 Å². The van der Waals surface area contributed by atoms with E-state index in [4.69, 9.17) is 0 Å². The summed E-state index contributed by atoms with van der Waals surface area (Å²) in [5, 5.41) is 20.2. The number of aromatic hydroxyl groups is 1. The van der Waals surface area contributed by atoms with E-state index >= 15 is 0 Å². The molecule has 0 spiro atoms. The van der Waals surface area contributed by atoms with Gasteiger partial charge in [0.05, 0.1) is 11.7 Å². The van der Waals surface area contributed by atoms with Crippen molar-refractivity contribution in [1.82, 2.24) is 15.1 Å². The number of phenolic OH excluding ortho intramolecular Hbond substituents is 1. The fraction of sp³-hybridized carbons (Fsp3) is 0.375. The Morgan fingerprint density at radius 2 is 2.26 bits per heavy atom. The number of hydrogen-bond acceptors (Lipinski definition) is 4. The zero-order valence-corrected chi connectivity index (χ0v) is 13.8. The topological polar surface area (TPSA) is 79.2 Å². The first-order valence-electron chi connectivity index (χ1n) is 7.50. The van der Waals surface area contributed by atoms with Crippen LogP contribution in [0.15, 0.2) is 30.5 Å². The third-order valence-corrected chi connectivity index (χ3v) is 3.89. The first-order chi connectivity index (χ1) is 10.6. The van der Waals surface area contributed by atoms with Crippen LogP contribution in [-0.4, -0.2) is 33.9 Å². The Labute approximate surface area is 141 Å². The van der Waals surface area contributed by atoms with Gasteiger partial charge >= 0.3 is 0 Å². The number of phenols is 1. The van der Waals surface area contributed by atoms with Gasteiger partial charge in [-0.1, -0.05) is 6.07 Å². The van der Waals surface area contributed by atoms with Crippen molar-refractivity contribution in [2.24, 2.45) is 0 Å². The van der Waals surface area contributed by atoms with Crippen molar-refractivity contribution in [2.45, 2.75) is 25.8 Å². The summed E-state index contributed by atoms with van der Waals surface area (Å²) in [7, 11) is 0. The lowest BCUT2D eigenvalue weighted by Crippen LogP contribution is -2.32. The van der Waals surface area contributed by atoms with E-state index in [0.29, 0.717) is 17.4 Å². The van der Waals surface area contributed by atoms with Gasteiger partial charge in [-0.05, 0) is 50.1 Å². The van der Waals surface area contributed by atoms with Crippen LogP contribution in [0.5, 0.6) is 5.75 Å². The van der Waals surface area contributed by atoms with E-state index in [1.165, 1.54) is 0 Å². The molecule has 1 aliphatic rings. The third kappa shape index (κ3) is 4.03. The molecule has 1 atom stereocenters. The van der Waals surface area contributed by atoms with Crippen molar-refractivity contribution in [3.63, 3.8) is 0 Å². The monoisotopic (exact) mass is 336 g/mol. The van der Waals surface area contributed by atoms with E-state index in [1.54, 1.807) is 24.3 Å². The molecule has 3 rings (SSSR count). The summed E-state index contributed by atoms with van der Waals surface area (Å²) in [4.78, 5) is 12.3. The van der Waals surface area contributed by atoms with Crippen LogP contribution in [0.2, 0.25) is 0 Å². The predicted molar refractivity (Wildman–Crippen MR) is 91.4 cm³/mol. The minimum Gasteiger partial charge on any atom is -0.506 e. The first kappa shape index (κ1) is 17.3. The summed E-state index contributed by atoms with van der Waals surface area (Å²) in [5.74, 6) is -0.265. The maximum Gasteiger partial charge on any atom is 0.276 e. The van der Waals surface area contributed by atoms with Gasteiger partial charge in [-0.25, -0.2) is 0 Å². The molecule has 1 aliphatic heterocycles. The molecule has 1 fully saturated rings. The number of nitrogens with one attached hydrogen (secondary N) is 2. The van der Waals surface area contributed by atoms with Crippen molar-refractivity contribution in [2.75, 3.05) is 18.4 Å². The van der Waals surface area contributed by atoms with Gasteiger partial charge in [0.2, 0.25) is 0 Å². The van der Waals surface area contributed by atoms with E-state index in [1.807, 2.05) is 17.8 Å². The molecule has 1 saturated heterocycles. The van der Waals surface area contributed by atoms with Gasteiger partial charge in [0.15, 0.2) is 5.69 Å². The van der Waals surface area contributed by atoms with Crippen molar-refractivity contribution in [1.29, 1.82) is 0 Å². The molecule has 0 radical (unpaired) electrons. The highest BCUT2D eigenvalue weighted by atomic mass is 35.5. The summed E-state index contributed by atoms with van der Waals surface area (Å²) >= 11 is 0. The number of halogens is 1. The van der Waals surface area contributed by atoms with Gasteiger partial charge in [-0.15, -0.1) is 12.4 Å². The SMILES string of the molecule is Cc1ccc(O)c(NC(=O)c2ccn(C3CCCNC3)n2)c1.Cl. The summed E-state index contributed by atoms with van der Waals surface area (Å²) in [5.41, 5.74) is 1.72. The van der Waals surface area contributed by atoms with Crippen LogP contribution in [0.4, 0.5) is 5.69 Å². The lowest BCUT2D eigenvalue weighted by atomic mass is 10.1. The summed E-state index contributed by atoms with van der Waals surface area (Å²) in [6.07, 6.45) is 4.01. The number of aryl methyl sites for hydroxylation is 1. The van der Waals surface area contributed by atoms with Crippen LogP contribution < -0.4 is 10.6 Å². The van der Waals surface area contributed by atoms with Gasteiger partial charge in [0.1, 0.15) is 5.75 Å². The second-order valence-electron chi connectivity index (χ2n) is 5.66. The lowest BCUT2D eigenvalue weighted by Gasteiger charge is -2.22. The Morgan fingerprint density at radius 3 is 3.00 bits per heavy atom. The second kappa shape index (κ2) is 7.48. The quantitative estimate of drug-likeness (QED) is 0.752. The number of piperidine rings is 1. The van der Waals surface area contributed by atoms with Crippen molar-refractivity contribution < 1.29 is 9.90 Å². The Hall–Kier alpha value is -2.05. The van der Waals surface area contributed by atoms with Gasteiger partial charge in [0.25, 0.3) is 5.91 Å². The Morgan fingerprint density at radius 1 is 1.43 bits per heavy atom. The maximum atomic E-state index is 12.3. The highest BCUT2D eigenvalue weighted by Crippen LogP contribution is 2.24. The smallest absolute Gasteiger partial charge is 0.276 e. The molecular weight excluding hydrogens is 316 g/mol. The molecule has 6 nitrogen and oxygen atoms in total. The Balaban J connectivity index is 0.00000192. The van der Waals surface area contributed by atoms with Crippen molar-refractivity contribution >= 4 is 24.0 Å². The molecule has 1 unspecified atom stereocenters. The zero-order valence-electron chi connectivity index (χ0n) is 13.0. The molecule has 0 aliphatic carbocycles. The predicted octanol–water partition coefficient (Wildman–Crippen LogP) is 2.50. The standard InChI is InChI=1S/C16H20N4O2.ClH/c1-11-4-5-15(21)14(9-11)18-16(22)13-6-8-20(19-13)12-3-2-7-17-10-12;/h4-6,8-9,12,17,21H,2-3,7,10H2,1H3,(H,18,22);1H. The molecule has 2 heterocycles. The van der Waals surface area contributed by atoms with Gasteiger partial charge in [-0.2, -0.15) is 5.10 Å². The summed E-state index contributed by atoms with van der Waals surface area (Å²) in [6, 6.07) is 7.08. The molecule has 23 heavy (non-hydrogen) atoms. The average Bonchev–Trinajstić information content (AvgIpc) is 3.02. The van der Waals surface area contributed by atoms with Crippen LogP contribution in [0.3, 0.4) is 0 Å². The number of carbonyl (C=O) groups is 1. The van der Waals surface area contributed by atoms with Crippen LogP contribution >= 0.6 is 12.4 Å². The van der Waals surface area contributed by atoms with E-state index in [9.17, 15) is 9.90 Å². The molecule has 0 saturated carbocycles. The molecule has 2 aromatic rings. The van der Waals surface area contributed by atoms with Crippen LogP contribution in [-0.2, 0) is 0 Å². The summed E-state index contributed by atoms with van der Waals surface area (Å²) in [6.45, 7) is 3.82. The van der Waals surface area contributed by atoms with Crippen molar-refractivity contribution in [3.8, 4) is 5.75 Å². The van der Waals surface area contributed by atoms with E-state index in [0.717, 1.165) is 31.5 Å². The third-order valence-electron chi connectivity index (χ3n) is 3.89.